The van der Waals surface area contributed by atoms with Gasteiger partial charge in [-0.25, -0.2) is 0 Å². The summed E-state index contributed by atoms with van der Waals surface area (Å²) in [5, 5.41) is 0. The molecule has 1 fully saturated rings. The molecule has 0 spiro atoms. The Balaban J connectivity index is 1.96. The maximum absolute atomic E-state index is 11.9. The summed E-state index contributed by atoms with van der Waals surface area (Å²) in [6.07, 6.45) is 3.14. The third-order valence-corrected chi connectivity index (χ3v) is 3.10. The molecule has 0 amide bonds. The second-order valence-electron chi connectivity index (χ2n) is 4.56. The zero-order valence-corrected chi connectivity index (χ0v) is 9.44. The van der Waals surface area contributed by atoms with Gasteiger partial charge in [-0.2, -0.15) is 0 Å². The first-order valence-electron chi connectivity index (χ1n) is 5.53. The topological polar surface area (TPSA) is 25.2 Å². The van der Waals surface area contributed by atoms with Gasteiger partial charge >= 0.3 is 0 Å². The fraction of sp³-hybridized carbons (Fsp3) is 0.583. The molecule has 82 valence electrons. The van der Waals surface area contributed by atoms with E-state index in [9.17, 15) is 4.79 Å². The summed E-state index contributed by atoms with van der Waals surface area (Å²) in [7, 11) is 1.92. The Kier molecular flexibility index (Phi) is 2.91. The van der Waals surface area contributed by atoms with E-state index in [0.717, 1.165) is 24.7 Å². The van der Waals surface area contributed by atoms with Crippen molar-refractivity contribution in [2.45, 2.75) is 13.3 Å². The van der Waals surface area contributed by atoms with E-state index in [2.05, 4.69) is 11.8 Å². The van der Waals surface area contributed by atoms with E-state index in [4.69, 9.17) is 0 Å². The van der Waals surface area contributed by atoms with Crippen molar-refractivity contribution in [3.63, 3.8) is 0 Å². The van der Waals surface area contributed by atoms with Gasteiger partial charge in [0.2, 0.25) is 0 Å². The van der Waals surface area contributed by atoms with Crippen molar-refractivity contribution in [2.24, 2.45) is 13.0 Å². The number of carbonyl (C=O) groups is 1. The number of aromatic nitrogens is 1. The first-order valence-corrected chi connectivity index (χ1v) is 5.53. The number of ketones is 1. The van der Waals surface area contributed by atoms with Crippen LogP contribution in [0.4, 0.5) is 0 Å². The lowest BCUT2D eigenvalue weighted by Gasteiger charge is -2.14. The molecule has 2 heterocycles. The molecule has 1 unspecified atom stereocenters. The lowest BCUT2D eigenvalue weighted by Crippen LogP contribution is -2.28. The SMILES string of the molecule is CC1CCN(CC(=O)c2cccn2C)C1. The number of hydrogen-bond acceptors (Lipinski definition) is 2. The van der Waals surface area contributed by atoms with E-state index in [1.807, 2.05) is 29.9 Å². The minimum Gasteiger partial charge on any atom is -0.348 e. The number of aryl methyl sites for hydroxylation is 1. The Morgan fingerprint density at radius 3 is 2.93 bits per heavy atom. The van der Waals surface area contributed by atoms with E-state index < -0.39 is 0 Å². The quantitative estimate of drug-likeness (QED) is 0.701. The molecule has 1 aliphatic rings. The van der Waals surface area contributed by atoms with Crippen LogP contribution in [0.25, 0.3) is 0 Å². The van der Waals surface area contributed by atoms with Crippen molar-refractivity contribution in [2.75, 3.05) is 19.6 Å². The predicted molar refractivity (Wildman–Crippen MR) is 60.0 cm³/mol. The molecule has 0 N–H and O–H groups in total. The third-order valence-electron chi connectivity index (χ3n) is 3.10. The van der Waals surface area contributed by atoms with Crippen molar-refractivity contribution < 1.29 is 4.79 Å². The number of likely N-dealkylation sites (tertiary alicyclic amines) is 1. The summed E-state index contributed by atoms with van der Waals surface area (Å²) in [5.74, 6) is 0.975. The van der Waals surface area contributed by atoms with Gasteiger partial charge in [0, 0.05) is 19.8 Å². The predicted octanol–water partition coefficient (Wildman–Crippen LogP) is 1.55. The summed E-state index contributed by atoms with van der Waals surface area (Å²) < 4.78 is 1.89. The molecule has 0 bridgehead atoms. The summed E-state index contributed by atoms with van der Waals surface area (Å²) in [4.78, 5) is 14.2. The van der Waals surface area contributed by atoms with Gasteiger partial charge in [0.1, 0.15) is 0 Å². The van der Waals surface area contributed by atoms with Crippen LogP contribution in [0.15, 0.2) is 18.3 Å². The Labute approximate surface area is 90.7 Å². The Bertz CT molecular complexity index is 356. The van der Waals surface area contributed by atoms with Gasteiger partial charge in [0.15, 0.2) is 5.78 Å². The third kappa shape index (κ3) is 2.29. The van der Waals surface area contributed by atoms with Crippen LogP contribution in [0.2, 0.25) is 0 Å². The molecule has 15 heavy (non-hydrogen) atoms. The second-order valence-corrected chi connectivity index (χ2v) is 4.56. The van der Waals surface area contributed by atoms with Gasteiger partial charge in [-0.05, 0) is 31.0 Å². The molecular formula is C12H18N2O. The molecule has 1 aromatic heterocycles. The highest BCUT2D eigenvalue weighted by atomic mass is 16.1. The molecule has 0 aromatic carbocycles. The fourth-order valence-corrected chi connectivity index (χ4v) is 2.20. The molecule has 0 radical (unpaired) electrons. The minimum atomic E-state index is 0.233. The zero-order valence-electron chi connectivity index (χ0n) is 9.44. The number of nitrogens with zero attached hydrogens (tertiary/aromatic N) is 2. The van der Waals surface area contributed by atoms with Crippen LogP contribution in [0, 0.1) is 5.92 Å². The van der Waals surface area contributed by atoms with Gasteiger partial charge < -0.3 is 4.57 Å². The Hall–Kier alpha value is -1.09. The van der Waals surface area contributed by atoms with Gasteiger partial charge in [-0.15, -0.1) is 0 Å². The van der Waals surface area contributed by atoms with Gasteiger partial charge in [0.25, 0.3) is 0 Å². The van der Waals surface area contributed by atoms with Crippen LogP contribution >= 0.6 is 0 Å². The van der Waals surface area contributed by atoms with E-state index >= 15 is 0 Å². The van der Waals surface area contributed by atoms with Crippen molar-refractivity contribution >= 4 is 5.78 Å². The second kappa shape index (κ2) is 4.19. The summed E-state index contributed by atoms with van der Waals surface area (Å²) in [6.45, 7) is 4.95. The fourth-order valence-electron chi connectivity index (χ4n) is 2.20. The van der Waals surface area contributed by atoms with Crippen LogP contribution in [0.1, 0.15) is 23.8 Å². The Morgan fingerprint density at radius 2 is 2.40 bits per heavy atom. The van der Waals surface area contributed by atoms with Crippen LogP contribution in [-0.4, -0.2) is 34.9 Å². The average molecular weight is 206 g/mol. The number of rotatable bonds is 3. The average Bonchev–Trinajstić information content (AvgIpc) is 2.75. The molecular weight excluding hydrogens is 188 g/mol. The highest BCUT2D eigenvalue weighted by Gasteiger charge is 2.21. The van der Waals surface area contributed by atoms with Crippen molar-refractivity contribution in [3.05, 3.63) is 24.0 Å². The van der Waals surface area contributed by atoms with Crippen LogP contribution in [0.3, 0.4) is 0 Å². The van der Waals surface area contributed by atoms with Crippen molar-refractivity contribution in [1.82, 2.24) is 9.47 Å². The number of hydrogen-bond donors (Lipinski definition) is 0. The maximum Gasteiger partial charge on any atom is 0.193 e. The zero-order chi connectivity index (χ0) is 10.8. The van der Waals surface area contributed by atoms with Crippen molar-refractivity contribution in [1.29, 1.82) is 0 Å². The highest BCUT2D eigenvalue weighted by molar-refractivity contribution is 5.96. The van der Waals surface area contributed by atoms with Crippen LogP contribution < -0.4 is 0 Å². The molecule has 0 aliphatic carbocycles. The number of carbonyl (C=O) groups excluding carboxylic acids is 1. The van der Waals surface area contributed by atoms with E-state index in [1.54, 1.807) is 0 Å². The molecule has 1 aromatic rings. The smallest absolute Gasteiger partial charge is 0.193 e. The molecule has 3 heteroatoms. The maximum atomic E-state index is 11.9. The normalized spacial score (nSPS) is 22.1. The van der Waals surface area contributed by atoms with Gasteiger partial charge in [-0.1, -0.05) is 6.92 Å². The molecule has 3 nitrogen and oxygen atoms in total. The van der Waals surface area contributed by atoms with Gasteiger partial charge in [-0.3, -0.25) is 9.69 Å². The summed E-state index contributed by atoms with van der Waals surface area (Å²) in [6, 6.07) is 3.81. The van der Waals surface area contributed by atoms with E-state index in [0.29, 0.717) is 6.54 Å². The number of Topliss-reactive ketones (excluding diaryl/α,β-unsaturated/α-hetero) is 1. The molecule has 1 saturated heterocycles. The first-order chi connectivity index (χ1) is 7.16. The van der Waals surface area contributed by atoms with Crippen LogP contribution in [-0.2, 0) is 7.05 Å². The minimum absolute atomic E-state index is 0.233. The largest absolute Gasteiger partial charge is 0.348 e. The summed E-state index contributed by atoms with van der Waals surface area (Å²) >= 11 is 0. The first kappa shape index (κ1) is 10.4. The van der Waals surface area contributed by atoms with E-state index in [1.165, 1.54) is 6.42 Å². The molecule has 2 rings (SSSR count). The van der Waals surface area contributed by atoms with Crippen molar-refractivity contribution in [3.8, 4) is 0 Å². The molecule has 0 saturated carbocycles. The Morgan fingerprint density at radius 1 is 1.60 bits per heavy atom. The van der Waals surface area contributed by atoms with E-state index in [-0.39, 0.29) is 5.78 Å². The highest BCUT2D eigenvalue weighted by Crippen LogP contribution is 2.15. The molecule has 1 aliphatic heterocycles. The summed E-state index contributed by atoms with van der Waals surface area (Å²) in [5.41, 5.74) is 0.814. The van der Waals surface area contributed by atoms with Crippen LogP contribution in [0.5, 0.6) is 0 Å². The lowest BCUT2D eigenvalue weighted by atomic mass is 10.2. The lowest BCUT2D eigenvalue weighted by molar-refractivity contribution is 0.0935. The standard InChI is InChI=1S/C12H18N2O/c1-10-5-7-14(8-10)9-12(15)11-4-3-6-13(11)2/h3-4,6,10H,5,7-9H2,1-2H3. The molecule has 1 atom stereocenters. The monoisotopic (exact) mass is 206 g/mol. The van der Waals surface area contributed by atoms with Gasteiger partial charge in [0.05, 0.1) is 12.2 Å².